The van der Waals surface area contributed by atoms with Crippen molar-refractivity contribution >= 4 is 64.2 Å². The van der Waals surface area contributed by atoms with Crippen molar-refractivity contribution in [3.63, 3.8) is 0 Å². The first-order valence-corrected chi connectivity index (χ1v) is 18.5. The summed E-state index contributed by atoms with van der Waals surface area (Å²) in [4.78, 5) is 71.7. The molecule has 2 aliphatic carbocycles. The summed E-state index contributed by atoms with van der Waals surface area (Å²) in [5.41, 5.74) is 1.11. The molecule has 17 heteroatoms. The quantitative estimate of drug-likeness (QED) is 0.120. The van der Waals surface area contributed by atoms with Gasteiger partial charge in [-0.1, -0.05) is 53.1 Å². The molecule has 6 unspecified atom stereocenters. The molecular formula is C41H30Cl2F3N3O9. The summed E-state index contributed by atoms with van der Waals surface area (Å²) in [5.74, 6) is -11.0. The van der Waals surface area contributed by atoms with Crippen LogP contribution in [0.4, 0.5) is 24.5 Å². The number of nitrogens with zero attached hydrogens (tertiary/aromatic N) is 2. The summed E-state index contributed by atoms with van der Waals surface area (Å²) in [6.45, 7) is 0. The standard InChI is InChI=1S/C41H30Cl2F3N3O9/c1-57-23-8-5-20(6-9-23)40-29(36(52)49(39(40)56)47-31-13-7-21(42)16-30(31)43)18-27-25(34(40)28-17-24(10-14-32(28)50)58-41(44,45)46)11-12-26-33(27)37(53)48(35(26)51)22-4-2-3-19(15-22)38(54)55/h2-11,13-17,26-27,29,33-34,47,50H,12,18H2,1H3,(H,54,55). The fraction of sp³-hybridized carbons (Fsp3) is 0.244. The van der Waals surface area contributed by atoms with Gasteiger partial charge in [0.2, 0.25) is 11.8 Å². The highest BCUT2D eigenvalue weighted by Crippen LogP contribution is 2.65. The lowest BCUT2D eigenvalue weighted by Crippen LogP contribution is -2.53. The van der Waals surface area contributed by atoms with Gasteiger partial charge < -0.3 is 19.7 Å². The van der Waals surface area contributed by atoms with Crippen molar-refractivity contribution in [1.82, 2.24) is 5.01 Å². The number of allylic oxidation sites excluding steroid dienone is 2. The van der Waals surface area contributed by atoms with Gasteiger partial charge in [-0.15, -0.1) is 13.2 Å². The van der Waals surface area contributed by atoms with Gasteiger partial charge >= 0.3 is 12.3 Å². The first kappa shape index (κ1) is 38.8. The van der Waals surface area contributed by atoms with Gasteiger partial charge in [-0.3, -0.25) is 29.5 Å². The second-order valence-corrected chi connectivity index (χ2v) is 15.2. The van der Waals surface area contributed by atoms with Crippen LogP contribution < -0.4 is 19.8 Å². The monoisotopic (exact) mass is 835 g/mol. The number of rotatable bonds is 8. The number of amides is 4. The molecule has 8 rings (SSSR count). The average molecular weight is 837 g/mol. The van der Waals surface area contributed by atoms with Crippen molar-refractivity contribution in [3.8, 4) is 17.2 Å². The number of aromatic carboxylic acids is 1. The molecule has 0 bridgehead atoms. The second-order valence-electron chi connectivity index (χ2n) is 14.3. The van der Waals surface area contributed by atoms with E-state index in [2.05, 4.69) is 10.2 Å². The zero-order chi connectivity index (χ0) is 41.4. The third-order valence-corrected chi connectivity index (χ3v) is 12.0. The highest BCUT2D eigenvalue weighted by molar-refractivity contribution is 6.36. The van der Waals surface area contributed by atoms with Crippen LogP contribution in [0.2, 0.25) is 10.0 Å². The smallest absolute Gasteiger partial charge is 0.508 e. The Kier molecular flexibility index (Phi) is 9.43. The molecule has 3 N–H and O–H groups in total. The third-order valence-electron chi connectivity index (χ3n) is 11.5. The molecule has 2 heterocycles. The van der Waals surface area contributed by atoms with E-state index in [9.17, 15) is 42.6 Å². The maximum absolute atomic E-state index is 15.4. The molecule has 1 saturated carbocycles. The normalized spacial score (nSPS) is 25.2. The van der Waals surface area contributed by atoms with Crippen LogP contribution in [0.5, 0.6) is 17.2 Å². The van der Waals surface area contributed by atoms with Crippen LogP contribution in [-0.4, -0.2) is 58.3 Å². The van der Waals surface area contributed by atoms with Gasteiger partial charge in [0.15, 0.2) is 0 Å². The van der Waals surface area contributed by atoms with Crippen LogP contribution in [0, 0.1) is 23.7 Å². The largest absolute Gasteiger partial charge is 0.573 e. The highest BCUT2D eigenvalue weighted by Gasteiger charge is 2.71. The van der Waals surface area contributed by atoms with Gasteiger partial charge in [-0.05, 0) is 91.1 Å². The molecule has 298 valence electrons. The van der Waals surface area contributed by atoms with E-state index < -0.39 is 82.5 Å². The van der Waals surface area contributed by atoms with E-state index in [1.807, 2.05) is 0 Å². The number of ether oxygens (including phenoxy) is 2. The summed E-state index contributed by atoms with van der Waals surface area (Å²) in [7, 11) is 1.42. The van der Waals surface area contributed by atoms with Crippen LogP contribution >= 0.6 is 23.2 Å². The summed E-state index contributed by atoms with van der Waals surface area (Å²) in [5, 5.41) is 22.3. The Morgan fingerprint density at radius 3 is 2.29 bits per heavy atom. The minimum Gasteiger partial charge on any atom is -0.508 e. The number of hydrazine groups is 1. The van der Waals surface area contributed by atoms with E-state index in [0.29, 0.717) is 11.3 Å². The van der Waals surface area contributed by atoms with Crippen molar-refractivity contribution in [2.75, 3.05) is 17.4 Å². The SMILES string of the molecule is COc1ccc(C23C(=O)N(Nc4ccc(Cl)cc4Cl)C(=O)C2CC2C(=CCC4C(=O)N(c5cccc(C(=O)O)c5)C(=O)C42)C3c2cc(OC(F)(F)F)ccc2O)cc1. The van der Waals surface area contributed by atoms with E-state index >= 15 is 4.79 Å². The fourth-order valence-corrected chi connectivity index (χ4v) is 9.63. The van der Waals surface area contributed by atoms with Gasteiger partial charge in [0.05, 0.1) is 52.2 Å². The summed E-state index contributed by atoms with van der Waals surface area (Å²) in [6.07, 6.45) is -3.78. The van der Waals surface area contributed by atoms with Crippen molar-refractivity contribution in [2.24, 2.45) is 23.7 Å². The van der Waals surface area contributed by atoms with Crippen LogP contribution in [0.1, 0.15) is 40.2 Å². The molecule has 0 aromatic heterocycles. The van der Waals surface area contributed by atoms with Gasteiger partial charge in [0.25, 0.3) is 11.8 Å². The molecule has 2 saturated heterocycles. The minimum absolute atomic E-state index is 0.0165. The number of carboxylic acid groups (broad SMARTS) is 1. The van der Waals surface area contributed by atoms with Crippen molar-refractivity contribution in [3.05, 3.63) is 123 Å². The third kappa shape index (κ3) is 6.11. The summed E-state index contributed by atoms with van der Waals surface area (Å²) in [6, 6.07) is 18.6. The van der Waals surface area contributed by atoms with E-state index in [1.54, 1.807) is 30.3 Å². The molecule has 4 amide bonds. The molecule has 4 aromatic rings. The Hall–Kier alpha value is -6.06. The first-order valence-electron chi connectivity index (χ1n) is 17.8. The topological polar surface area (TPSA) is 163 Å². The number of hydrogen-bond acceptors (Lipinski definition) is 9. The number of carbonyl (C=O) groups is 5. The Balaban J connectivity index is 1.35. The highest BCUT2D eigenvalue weighted by atomic mass is 35.5. The number of fused-ring (bicyclic) bond motifs is 4. The minimum atomic E-state index is -5.15. The molecular weight excluding hydrogens is 806 g/mol. The number of nitrogens with one attached hydrogen (secondary N) is 1. The van der Waals surface area contributed by atoms with Crippen LogP contribution in [-0.2, 0) is 24.6 Å². The number of methoxy groups -OCH3 is 1. The predicted octanol–water partition coefficient (Wildman–Crippen LogP) is 7.49. The average Bonchev–Trinajstić information content (AvgIpc) is 3.56. The van der Waals surface area contributed by atoms with Gasteiger partial charge in [-0.25, -0.2) is 4.79 Å². The van der Waals surface area contributed by atoms with Crippen LogP contribution in [0.25, 0.3) is 0 Å². The lowest BCUT2D eigenvalue weighted by molar-refractivity contribution is -0.274. The van der Waals surface area contributed by atoms with E-state index in [-0.39, 0.29) is 51.0 Å². The number of alkyl halides is 3. The molecule has 12 nitrogen and oxygen atoms in total. The Morgan fingerprint density at radius 2 is 1.62 bits per heavy atom. The van der Waals surface area contributed by atoms with Crippen LogP contribution in [0.15, 0.2) is 96.6 Å². The maximum atomic E-state index is 15.4. The molecule has 3 fully saturated rings. The molecule has 58 heavy (non-hydrogen) atoms. The lowest BCUT2D eigenvalue weighted by Gasteiger charge is -2.50. The van der Waals surface area contributed by atoms with E-state index in [4.69, 9.17) is 27.9 Å². The number of carbonyl (C=O) groups excluding carboxylic acids is 4. The molecule has 2 aliphatic heterocycles. The number of halogens is 5. The zero-order valence-corrected chi connectivity index (χ0v) is 31.5. The van der Waals surface area contributed by atoms with Crippen molar-refractivity contribution < 1.29 is 56.8 Å². The van der Waals surface area contributed by atoms with Crippen LogP contribution in [0.3, 0.4) is 0 Å². The van der Waals surface area contributed by atoms with Gasteiger partial charge in [-0.2, -0.15) is 5.01 Å². The number of phenols is 1. The zero-order valence-electron chi connectivity index (χ0n) is 30.0. The molecule has 6 atom stereocenters. The van der Waals surface area contributed by atoms with E-state index in [1.165, 1.54) is 49.6 Å². The molecule has 4 aromatic carbocycles. The van der Waals surface area contributed by atoms with Gasteiger partial charge in [0, 0.05) is 16.5 Å². The molecule has 0 radical (unpaired) electrons. The number of carboxylic acids is 1. The molecule has 4 aliphatic rings. The van der Waals surface area contributed by atoms with E-state index in [0.717, 1.165) is 28.1 Å². The van der Waals surface area contributed by atoms with Gasteiger partial charge in [0.1, 0.15) is 17.2 Å². The number of benzene rings is 4. The number of phenolic OH excluding ortho intramolecular Hbond substituents is 1. The Bertz CT molecular complexity index is 2460. The first-order chi connectivity index (χ1) is 27.5. The predicted molar refractivity (Wildman–Crippen MR) is 201 cm³/mol. The number of anilines is 2. The lowest BCUT2D eigenvalue weighted by atomic mass is 9.49. The van der Waals surface area contributed by atoms with Crippen molar-refractivity contribution in [2.45, 2.75) is 30.5 Å². The number of hydrogen-bond donors (Lipinski definition) is 3. The Morgan fingerprint density at radius 1 is 0.897 bits per heavy atom. The number of imide groups is 2. The summed E-state index contributed by atoms with van der Waals surface area (Å²) < 4.78 is 50.6. The maximum Gasteiger partial charge on any atom is 0.573 e. The number of aromatic hydroxyl groups is 1. The second kappa shape index (κ2) is 14.1. The summed E-state index contributed by atoms with van der Waals surface area (Å²) >= 11 is 12.6. The van der Waals surface area contributed by atoms with Crippen molar-refractivity contribution in [1.29, 1.82) is 0 Å². The Labute approximate surface area is 337 Å². The fourth-order valence-electron chi connectivity index (χ4n) is 9.18. The molecule has 0 spiro atoms.